The van der Waals surface area contributed by atoms with Crippen molar-refractivity contribution in [1.82, 2.24) is 20.4 Å². The lowest BCUT2D eigenvalue weighted by atomic mass is 9.97. The van der Waals surface area contributed by atoms with Crippen LogP contribution in [0.1, 0.15) is 31.5 Å². The molecule has 0 spiro atoms. The van der Waals surface area contributed by atoms with Gasteiger partial charge in [-0.15, -0.1) is 0 Å². The topological polar surface area (TPSA) is 44.0 Å². The largest absolute Gasteiger partial charge is 0.309 e. The molecule has 1 unspecified atom stereocenters. The monoisotopic (exact) mass is 222 g/mol. The summed E-state index contributed by atoms with van der Waals surface area (Å²) in [5.74, 6) is 0.835. The Morgan fingerprint density at radius 1 is 1.56 bits per heavy atom. The summed E-state index contributed by atoms with van der Waals surface area (Å²) in [5, 5.41) is 10.6. The Kier molecular flexibility index (Phi) is 3.96. The second kappa shape index (κ2) is 5.46. The van der Waals surface area contributed by atoms with Crippen LogP contribution >= 0.6 is 0 Å². The molecule has 1 aliphatic heterocycles. The number of nitrogens with zero attached hydrogens (tertiary/aromatic N) is 2. The molecule has 2 rings (SSSR count). The van der Waals surface area contributed by atoms with Gasteiger partial charge in [-0.1, -0.05) is 0 Å². The maximum atomic E-state index is 3.98. The van der Waals surface area contributed by atoms with E-state index in [2.05, 4.69) is 34.4 Å². The van der Waals surface area contributed by atoms with Gasteiger partial charge in [0.1, 0.15) is 0 Å². The molecule has 2 N–H and O–H groups in total. The number of rotatable bonds is 4. The number of nitrogens with one attached hydrogen (secondary N) is 2. The average Bonchev–Trinajstić information content (AvgIpc) is 2.81. The van der Waals surface area contributed by atoms with E-state index >= 15 is 0 Å². The minimum absolute atomic E-state index is 0.377. The van der Waals surface area contributed by atoms with Crippen LogP contribution in [0.4, 0.5) is 0 Å². The zero-order valence-electron chi connectivity index (χ0n) is 10.2. The molecule has 1 aromatic rings. The van der Waals surface area contributed by atoms with Gasteiger partial charge in [0.15, 0.2) is 0 Å². The summed E-state index contributed by atoms with van der Waals surface area (Å²) in [5.41, 5.74) is 1.17. The van der Waals surface area contributed by atoms with Crippen molar-refractivity contribution in [1.29, 1.82) is 0 Å². The fourth-order valence-electron chi connectivity index (χ4n) is 2.23. The van der Waals surface area contributed by atoms with Crippen molar-refractivity contribution in [3.63, 3.8) is 0 Å². The first-order chi connectivity index (χ1) is 7.75. The zero-order valence-corrected chi connectivity index (χ0v) is 10.2. The van der Waals surface area contributed by atoms with Crippen LogP contribution in [0.5, 0.6) is 0 Å². The molecule has 0 saturated carbocycles. The molecule has 16 heavy (non-hydrogen) atoms. The van der Waals surface area contributed by atoms with Crippen LogP contribution in [0, 0.1) is 5.92 Å². The van der Waals surface area contributed by atoms with Crippen molar-refractivity contribution in [2.75, 3.05) is 26.7 Å². The van der Waals surface area contributed by atoms with Gasteiger partial charge in [-0.05, 0) is 58.4 Å². The lowest BCUT2D eigenvalue weighted by Gasteiger charge is -2.29. The molecule has 90 valence electrons. The fourth-order valence-corrected chi connectivity index (χ4v) is 2.23. The Labute approximate surface area is 97.4 Å². The molecule has 0 aromatic carbocycles. The van der Waals surface area contributed by atoms with Gasteiger partial charge < -0.3 is 10.2 Å². The lowest BCUT2D eigenvalue weighted by Crippen LogP contribution is -2.35. The highest BCUT2D eigenvalue weighted by Gasteiger charge is 2.17. The fraction of sp³-hybridized carbons (Fsp3) is 0.750. The van der Waals surface area contributed by atoms with Gasteiger partial charge in [0, 0.05) is 12.2 Å². The van der Waals surface area contributed by atoms with E-state index in [1.165, 1.54) is 31.6 Å². The van der Waals surface area contributed by atoms with Gasteiger partial charge in [-0.2, -0.15) is 5.10 Å². The first-order valence-corrected chi connectivity index (χ1v) is 6.17. The SMILES string of the molecule is CC(NCC1CCN(C)CC1)c1ccn[nH]1. The van der Waals surface area contributed by atoms with Crippen LogP contribution in [-0.2, 0) is 0 Å². The Morgan fingerprint density at radius 2 is 2.31 bits per heavy atom. The van der Waals surface area contributed by atoms with E-state index in [1.807, 2.05) is 12.3 Å². The minimum atomic E-state index is 0.377. The molecule has 0 radical (unpaired) electrons. The third-order valence-electron chi connectivity index (χ3n) is 3.54. The Morgan fingerprint density at radius 3 is 2.94 bits per heavy atom. The Bertz CT molecular complexity index is 288. The predicted molar refractivity (Wildman–Crippen MR) is 65.2 cm³/mol. The molecule has 1 fully saturated rings. The highest BCUT2D eigenvalue weighted by Crippen LogP contribution is 2.16. The number of aromatic amines is 1. The molecule has 1 saturated heterocycles. The number of hydrogen-bond donors (Lipinski definition) is 2. The van der Waals surface area contributed by atoms with Gasteiger partial charge in [-0.25, -0.2) is 0 Å². The number of H-pyrrole nitrogens is 1. The zero-order chi connectivity index (χ0) is 11.4. The first kappa shape index (κ1) is 11.6. The molecule has 4 nitrogen and oxygen atoms in total. The van der Waals surface area contributed by atoms with Crippen molar-refractivity contribution in [2.24, 2.45) is 5.92 Å². The van der Waals surface area contributed by atoms with Crippen LogP contribution in [0.15, 0.2) is 12.3 Å². The van der Waals surface area contributed by atoms with E-state index in [4.69, 9.17) is 0 Å². The average molecular weight is 222 g/mol. The van der Waals surface area contributed by atoms with Crippen LogP contribution in [0.25, 0.3) is 0 Å². The highest BCUT2D eigenvalue weighted by molar-refractivity contribution is 5.02. The predicted octanol–water partition coefficient (Wildman–Crippen LogP) is 1.40. The van der Waals surface area contributed by atoms with E-state index in [-0.39, 0.29) is 0 Å². The normalized spacial score (nSPS) is 21.1. The van der Waals surface area contributed by atoms with Gasteiger partial charge >= 0.3 is 0 Å². The second-order valence-electron chi connectivity index (χ2n) is 4.89. The minimum Gasteiger partial charge on any atom is -0.309 e. The van der Waals surface area contributed by atoms with E-state index < -0.39 is 0 Å². The van der Waals surface area contributed by atoms with Crippen LogP contribution in [-0.4, -0.2) is 41.8 Å². The summed E-state index contributed by atoms with van der Waals surface area (Å²) in [4.78, 5) is 2.41. The lowest BCUT2D eigenvalue weighted by molar-refractivity contribution is 0.213. The van der Waals surface area contributed by atoms with Crippen LogP contribution < -0.4 is 5.32 Å². The number of likely N-dealkylation sites (tertiary alicyclic amines) is 1. The highest BCUT2D eigenvalue weighted by atomic mass is 15.1. The number of hydrogen-bond acceptors (Lipinski definition) is 3. The summed E-state index contributed by atoms with van der Waals surface area (Å²) >= 11 is 0. The summed E-state index contributed by atoms with van der Waals surface area (Å²) in [6.45, 7) is 5.78. The number of piperidine rings is 1. The Hall–Kier alpha value is -0.870. The third kappa shape index (κ3) is 3.06. The van der Waals surface area contributed by atoms with Crippen molar-refractivity contribution in [2.45, 2.75) is 25.8 Å². The molecule has 0 aliphatic carbocycles. The van der Waals surface area contributed by atoms with E-state index in [0.29, 0.717) is 6.04 Å². The Balaban J connectivity index is 1.71. The summed E-state index contributed by atoms with van der Waals surface area (Å²) in [6.07, 6.45) is 4.45. The van der Waals surface area contributed by atoms with Gasteiger partial charge in [0.2, 0.25) is 0 Å². The van der Waals surface area contributed by atoms with E-state index in [1.54, 1.807) is 0 Å². The molecule has 1 atom stereocenters. The summed E-state index contributed by atoms with van der Waals surface area (Å²) in [7, 11) is 2.21. The molecule has 0 bridgehead atoms. The second-order valence-corrected chi connectivity index (χ2v) is 4.89. The smallest absolute Gasteiger partial charge is 0.0518 e. The molecule has 2 heterocycles. The standard InChI is InChI=1S/C12H22N4/c1-10(12-3-6-14-15-12)13-9-11-4-7-16(2)8-5-11/h3,6,10-11,13H,4-5,7-9H2,1-2H3,(H,14,15). The number of aromatic nitrogens is 2. The molecular weight excluding hydrogens is 200 g/mol. The van der Waals surface area contributed by atoms with E-state index in [9.17, 15) is 0 Å². The van der Waals surface area contributed by atoms with Gasteiger partial charge in [0.05, 0.1) is 5.69 Å². The molecular formula is C12H22N4. The summed E-state index contributed by atoms with van der Waals surface area (Å²) < 4.78 is 0. The quantitative estimate of drug-likeness (QED) is 0.809. The first-order valence-electron chi connectivity index (χ1n) is 6.17. The van der Waals surface area contributed by atoms with Gasteiger partial charge in [0.25, 0.3) is 0 Å². The van der Waals surface area contributed by atoms with Crippen molar-refractivity contribution < 1.29 is 0 Å². The maximum absolute atomic E-state index is 3.98. The van der Waals surface area contributed by atoms with Crippen LogP contribution in [0.3, 0.4) is 0 Å². The van der Waals surface area contributed by atoms with Crippen molar-refractivity contribution in [3.8, 4) is 0 Å². The molecule has 0 amide bonds. The molecule has 1 aromatic heterocycles. The van der Waals surface area contributed by atoms with Crippen LogP contribution in [0.2, 0.25) is 0 Å². The van der Waals surface area contributed by atoms with Crippen molar-refractivity contribution in [3.05, 3.63) is 18.0 Å². The third-order valence-corrected chi connectivity index (χ3v) is 3.54. The van der Waals surface area contributed by atoms with Crippen molar-refractivity contribution >= 4 is 0 Å². The van der Waals surface area contributed by atoms with E-state index in [0.717, 1.165) is 12.5 Å². The molecule has 1 aliphatic rings. The summed E-state index contributed by atoms with van der Waals surface area (Å²) in [6, 6.07) is 2.41. The maximum Gasteiger partial charge on any atom is 0.0518 e. The molecule has 4 heteroatoms. The van der Waals surface area contributed by atoms with Gasteiger partial charge in [-0.3, -0.25) is 5.10 Å².